The number of aromatic amines is 2. The number of aromatic nitrogens is 4. The third kappa shape index (κ3) is 11.6. The molecule has 14 heteroatoms. The van der Waals surface area contributed by atoms with Crippen LogP contribution in [0.4, 0.5) is 21.5 Å². The van der Waals surface area contributed by atoms with Crippen LogP contribution in [0.25, 0.3) is 11.1 Å². The van der Waals surface area contributed by atoms with Crippen LogP contribution in [0.5, 0.6) is 11.5 Å². The van der Waals surface area contributed by atoms with Gasteiger partial charge in [-0.15, -0.1) is 0 Å². The lowest BCUT2D eigenvalue weighted by Gasteiger charge is -2.15. The second kappa shape index (κ2) is 21.4. The molecule has 2 aromatic heterocycles. The quantitative estimate of drug-likeness (QED) is 0.0479. The SMILES string of the molecule is CCCCC(CC)c1cc(=O)[nH]c(NC(=O)NCCOc2ccc3c(c2)/C(=C2\CCc4ccc(OCCNC(=O)Nc5nc(C(CC)CCCC)cc(=O)[nH]5)cc42)CC3)n1. The van der Waals surface area contributed by atoms with Crippen molar-refractivity contribution in [3.63, 3.8) is 0 Å². The van der Waals surface area contributed by atoms with Gasteiger partial charge in [-0.3, -0.25) is 30.2 Å². The molecule has 2 aliphatic rings. The number of carbonyl (C=O) groups is 2. The maximum atomic E-state index is 12.7. The van der Waals surface area contributed by atoms with Crippen LogP contribution in [0.3, 0.4) is 0 Å². The van der Waals surface area contributed by atoms with Crippen LogP contribution in [0.15, 0.2) is 58.1 Å². The minimum Gasteiger partial charge on any atom is -0.492 e. The van der Waals surface area contributed by atoms with Gasteiger partial charge in [0.25, 0.3) is 11.1 Å². The Bertz CT molecular complexity index is 2110. The van der Waals surface area contributed by atoms with E-state index in [-0.39, 0.29) is 61.2 Å². The molecule has 0 aliphatic heterocycles. The first-order valence-corrected chi connectivity index (χ1v) is 21.7. The molecule has 6 rings (SSSR count). The van der Waals surface area contributed by atoms with Crippen molar-refractivity contribution in [2.24, 2.45) is 0 Å². The van der Waals surface area contributed by atoms with Crippen LogP contribution < -0.4 is 41.9 Å². The Morgan fingerprint density at radius 3 is 1.47 bits per heavy atom. The molecular formula is C46H60N8O6. The summed E-state index contributed by atoms with van der Waals surface area (Å²) in [6.07, 6.45) is 11.6. The predicted molar refractivity (Wildman–Crippen MR) is 236 cm³/mol. The fourth-order valence-corrected chi connectivity index (χ4v) is 8.19. The van der Waals surface area contributed by atoms with E-state index in [1.54, 1.807) is 0 Å². The maximum absolute atomic E-state index is 12.7. The molecule has 0 bridgehead atoms. The maximum Gasteiger partial charge on any atom is 0.321 e. The number of ether oxygens (including phenoxy) is 2. The molecule has 0 saturated heterocycles. The highest BCUT2D eigenvalue weighted by molar-refractivity contribution is 5.96. The highest BCUT2D eigenvalue weighted by Crippen LogP contribution is 2.45. The van der Waals surface area contributed by atoms with Crippen molar-refractivity contribution >= 4 is 35.1 Å². The number of allylic oxidation sites excluding steroid dienone is 2. The molecular weight excluding hydrogens is 761 g/mol. The Morgan fingerprint density at radius 2 is 1.07 bits per heavy atom. The fraction of sp³-hybridized carbons (Fsp3) is 0.478. The molecule has 320 valence electrons. The molecule has 2 atom stereocenters. The van der Waals surface area contributed by atoms with Crippen LogP contribution in [-0.2, 0) is 12.8 Å². The summed E-state index contributed by atoms with van der Waals surface area (Å²) >= 11 is 0. The van der Waals surface area contributed by atoms with Crippen molar-refractivity contribution in [2.75, 3.05) is 36.9 Å². The summed E-state index contributed by atoms with van der Waals surface area (Å²) in [5.74, 6) is 2.06. The van der Waals surface area contributed by atoms with Gasteiger partial charge in [-0.05, 0) is 109 Å². The van der Waals surface area contributed by atoms with Crippen LogP contribution in [-0.4, -0.2) is 58.3 Å². The largest absolute Gasteiger partial charge is 0.492 e. The van der Waals surface area contributed by atoms with Crippen molar-refractivity contribution in [1.82, 2.24) is 30.6 Å². The minimum absolute atomic E-state index is 0.132. The summed E-state index contributed by atoms with van der Waals surface area (Å²) in [5.41, 5.74) is 8.38. The Hall–Kier alpha value is -5.92. The number of carbonyl (C=O) groups excluding carboxylic acids is 2. The summed E-state index contributed by atoms with van der Waals surface area (Å²) in [4.78, 5) is 64.2. The average Bonchev–Trinajstić information content (AvgIpc) is 3.85. The summed E-state index contributed by atoms with van der Waals surface area (Å²) in [6.45, 7) is 9.48. The van der Waals surface area contributed by atoms with E-state index in [2.05, 4.69) is 93.2 Å². The molecule has 2 aliphatic carbocycles. The van der Waals surface area contributed by atoms with E-state index in [1.807, 2.05) is 12.1 Å². The topological polar surface area (TPSA) is 192 Å². The highest BCUT2D eigenvalue weighted by atomic mass is 16.5. The van der Waals surface area contributed by atoms with E-state index in [0.717, 1.165) is 88.5 Å². The zero-order valence-corrected chi connectivity index (χ0v) is 35.4. The van der Waals surface area contributed by atoms with Crippen LogP contribution in [0, 0.1) is 0 Å². The third-order valence-corrected chi connectivity index (χ3v) is 11.4. The third-order valence-electron chi connectivity index (χ3n) is 11.4. The van der Waals surface area contributed by atoms with E-state index in [4.69, 9.17) is 9.47 Å². The van der Waals surface area contributed by atoms with Gasteiger partial charge >= 0.3 is 12.1 Å². The van der Waals surface area contributed by atoms with Crippen molar-refractivity contribution in [3.8, 4) is 11.5 Å². The molecule has 4 aromatic rings. The molecule has 2 aromatic carbocycles. The average molecular weight is 821 g/mol. The monoisotopic (exact) mass is 820 g/mol. The molecule has 60 heavy (non-hydrogen) atoms. The van der Waals surface area contributed by atoms with E-state index >= 15 is 0 Å². The second-order valence-corrected chi connectivity index (χ2v) is 15.6. The first kappa shape index (κ1) is 43.7. The van der Waals surface area contributed by atoms with E-state index in [9.17, 15) is 19.2 Å². The number of nitrogens with zero attached hydrogens (tertiary/aromatic N) is 2. The van der Waals surface area contributed by atoms with E-state index < -0.39 is 12.1 Å². The lowest BCUT2D eigenvalue weighted by molar-refractivity contribution is 0.246. The number of unbranched alkanes of at least 4 members (excludes halogenated alkanes) is 2. The normalized spacial score (nSPS) is 15.1. The Balaban J connectivity index is 0.997. The molecule has 0 fully saturated rings. The van der Waals surface area contributed by atoms with Crippen molar-refractivity contribution in [1.29, 1.82) is 0 Å². The lowest BCUT2D eigenvalue weighted by atomic mass is 9.96. The molecule has 0 radical (unpaired) electrons. The van der Waals surface area contributed by atoms with Gasteiger partial charge in [0.2, 0.25) is 11.9 Å². The molecule has 2 unspecified atom stereocenters. The fourth-order valence-electron chi connectivity index (χ4n) is 8.19. The van der Waals surface area contributed by atoms with Crippen LogP contribution >= 0.6 is 0 Å². The number of rotatable bonds is 20. The highest BCUT2D eigenvalue weighted by Gasteiger charge is 2.26. The van der Waals surface area contributed by atoms with E-state index in [0.29, 0.717) is 11.4 Å². The zero-order chi connectivity index (χ0) is 42.4. The summed E-state index contributed by atoms with van der Waals surface area (Å²) in [7, 11) is 0. The number of amides is 4. The summed E-state index contributed by atoms with van der Waals surface area (Å²) < 4.78 is 12.2. The number of aryl methyl sites for hydroxylation is 2. The number of hydrogen-bond acceptors (Lipinski definition) is 8. The van der Waals surface area contributed by atoms with Crippen molar-refractivity contribution < 1.29 is 19.1 Å². The Labute approximate surface area is 351 Å². The Morgan fingerprint density at radius 1 is 0.633 bits per heavy atom. The smallest absolute Gasteiger partial charge is 0.321 e. The van der Waals surface area contributed by atoms with Crippen LogP contribution in [0.1, 0.15) is 137 Å². The number of urea groups is 2. The molecule has 6 N–H and O–H groups in total. The number of hydrogen-bond donors (Lipinski definition) is 6. The van der Waals surface area contributed by atoms with Gasteiger partial charge < -0.3 is 20.1 Å². The zero-order valence-electron chi connectivity index (χ0n) is 35.4. The minimum atomic E-state index is -0.470. The molecule has 4 amide bonds. The van der Waals surface area contributed by atoms with Gasteiger partial charge in [0.15, 0.2) is 0 Å². The lowest BCUT2D eigenvalue weighted by Crippen LogP contribution is -2.33. The molecule has 0 spiro atoms. The first-order valence-electron chi connectivity index (χ1n) is 21.7. The van der Waals surface area contributed by atoms with Gasteiger partial charge in [0, 0.05) is 24.0 Å². The van der Waals surface area contributed by atoms with Gasteiger partial charge in [-0.2, -0.15) is 0 Å². The number of fused-ring (bicyclic) bond motifs is 2. The van der Waals surface area contributed by atoms with Gasteiger partial charge in [-0.1, -0.05) is 65.5 Å². The molecule has 0 saturated carbocycles. The number of benzene rings is 2. The predicted octanol–water partition coefficient (Wildman–Crippen LogP) is 8.43. The van der Waals surface area contributed by atoms with Crippen LogP contribution in [0.2, 0.25) is 0 Å². The molecule has 2 heterocycles. The second-order valence-electron chi connectivity index (χ2n) is 15.6. The van der Waals surface area contributed by atoms with Gasteiger partial charge in [0.05, 0.1) is 24.5 Å². The van der Waals surface area contributed by atoms with Crippen molar-refractivity contribution in [2.45, 2.75) is 117 Å². The number of H-pyrrole nitrogens is 2. The Kier molecular flexibility index (Phi) is 15.5. The standard InChI is InChI=1S/C46H60N8O6/c1-5-9-11-29(7-3)39-27-41(55)51-43(49-39)53-45(57)47-21-23-59-33-17-13-31-15-19-35(37(31)25-33)36-20-16-32-14-18-34(26-38(32)36)60-24-22-48-46(58)54-44-50-40(28-42(56)52-44)30(8-4)12-10-6-2/h13-14,17-18,25-30H,5-12,15-16,19-24H2,1-4H3,(H3,47,49,51,53,55,57)(H3,48,50,52,54,56,58)/b36-35+. The summed E-state index contributed by atoms with van der Waals surface area (Å²) in [6, 6.07) is 14.5. The van der Waals surface area contributed by atoms with Gasteiger partial charge in [-0.25, -0.2) is 19.6 Å². The number of anilines is 2. The number of nitrogens with one attached hydrogen (secondary N) is 6. The molecule has 14 nitrogen and oxygen atoms in total. The summed E-state index contributed by atoms with van der Waals surface area (Å²) in [5, 5.41) is 10.9. The van der Waals surface area contributed by atoms with Gasteiger partial charge in [0.1, 0.15) is 24.7 Å². The van der Waals surface area contributed by atoms with Crippen molar-refractivity contribution in [3.05, 3.63) is 103 Å². The first-order chi connectivity index (χ1) is 29.2. The van der Waals surface area contributed by atoms with E-state index in [1.165, 1.54) is 45.5 Å².